The van der Waals surface area contributed by atoms with Crippen molar-refractivity contribution in [3.8, 4) is 0 Å². The number of aromatic nitrogens is 1. The highest BCUT2D eigenvalue weighted by Gasteiger charge is 2.13. The molecule has 0 radical (unpaired) electrons. The molecule has 0 spiro atoms. The van der Waals surface area contributed by atoms with Gasteiger partial charge >= 0.3 is 5.76 Å². The molecule has 0 bridgehead atoms. The summed E-state index contributed by atoms with van der Waals surface area (Å²) < 4.78 is 31.2. The zero-order valence-corrected chi connectivity index (χ0v) is 13.3. The van der Waals surface area contributed by atoms with Gasteiger partial charge in [0, 0.05) is 24.7 Å². The molecule has 0 aliphatic carbocycles. The molecule has 3 rings (SSSR count). The minimum atomic E-state index is -0.977. The van der Waals surface area contributed by atoms with E-state index in [-0.39, 0.29) is 18.5 Å². The van der Waals surface area contributed by atoms with Crippen molar-refractivity contribution in [3.63, 3.8) is 0 Å². The average molecular weight is 361 g/mol. The van der Waals surface area contributed by atoms with Crippen LogP contribution in [0, 0.1) is 11.6 Å². The van der Waals surface area contributed by atoms with Crippen molar-refractivity contribution in [2.45, 2.75) is 6.42 Å². The largest absolute Gasteiger partial charge is 0.417 e. The molecule has 1 aromatic heterocycles. The highest BCUT2D eigenvalue weighted by molar-refractivity contribution is 5.96. The maximum Gasteiger partial charge on any atom is 0.417 e. The number of carbonyl (C=O) groups excluding carboxylic acids is 2. The second-order valence-electron chi connectivity index (χ2n) is 5.40. The molecule has 2 amide bonds. The van der Waals surface area contributed by atoms with Gasteiger partial charge in [0.1, 0.15) is 11.6 Å². The number of anilines is 1. The average Bonchev–Trinajstić information content (AvgIpc) is 2.94. The molecule has 0 aliphatic heterocycles. The quantitative estimate of drug-likeness (QED) is 0.648. The third-order valence-electron chi connectivity index (χ3n) is 3.52. The summed E-state index contributed by atoms with van der Waals surface area (Å²) in [7, 11) is 0. The molecule has 1 heterocycles. The Labute approximate surface area is 145 Å². The smallest absolute Gasteiger partial charge is 0.408 e. The van der Waals surface area contributed by atoms with Gasteiger partial charge in [-0.3, -0.25) is 14.6 Å². The van der Waals surface area contributed by atoms with Gasteiger partial charge in [0.2, 0.25) is 5.91 Å². The molecule has 0 aliphatic rings. The van der Waals surface area contributed by atoms with E-state index in [1.54, 1.807) is 6.07 Å². The third kappa shape index (κ3) is 3.94. The minimum absolute atomic E-state index is 0.0354. The summed E-state index contributed by atoms with van der Waals surface area (Å²) in [6.45, 7) is -0.0354. The minimum Gasteiger partial charge on any atom is -0.408 e. The lowest BCUT2D eigenvalue weighted by atomic mass is 10.2. The van der Waals surface area contributed by atoms with Crippen LogP contribution in [0.4, 0.5) is 14.5 Å². The molecular formula is C17H13F2N3O4. The van der Waals surface area contributed by atoms with Crippen molar-refractivity contribution >= 4 is 28.6 Å². The number of H-pyrrole nitrogens is 1. The van der Waals surface area contributed by atoms with Gasteiger partial charge in [-0.1, -0.05) is 0 Å². The summed E-state index contributed by atoms with van der Waals surface area (Å²) in [4.78, 5) is 37.3. The molecular weight excluding hydrogens is 348 g/mol. The monoisotopic (exact) mass is 361 g/mol. The highest BCUT2D eigenvalue weighted by atomic mass is 19.1. The van der Waals surface area contributed by atoms with Crippen molar-refractivity contribution in [2.75, 3.05) is 11.9 Å². The Kier molecular flexibility index (Phi) is 4.78. The summed E-state index contributed by atoms with van der Waals surface area (Å²) >= 11 is 0. The molecule has 2 aromatic carbocycles. The van der Waals surface area contributed by atoms with Crippen LogP contribution in [0.1, 0.15) is 16.8 Å². The summed E-state index contributed by atoms with van der Waals surface area (Å²) in [6.07, 6.45) is -0.0610. The van der Waals surface area contributed by atoms with Crippen molar-refractivity contribution in [2.24, 2.45) is 0 Å². The van der Waals surface area contributed by atoms with E-state index in [0.717, 1.165) is 12.1 Å². The van der Waals surface area contributed by atoms with Crippen LogP contribution in [0.3, 0.4) is 0 Å². The Morgan fingerprint density at radius 3 is 2.69 bits per heavy atom. The normalized spacial score (nSPS) is 10.7. The maximum absolute atomic E-state index is 13.5. The second kappa shape index (κ2) is 7.18. The Morgan fingerprint density at radius 2 is 1.92 bits per heavy atom. The fourth-order valence-corrected chi connectivity index (χ4v) is 2.31. The van der Waals surface area contributed by atoms with E-state index in [9.17, 15) is 23.2 Å². The van der Waals surface area contributed by atoms with E-state index in [0.29, 0.717) is 22.9 Å². The van der Waals surface area contributed by atoms with E-state index in [1.165, 1.54) is 12.1 Å². The SMILES string of the molecule is O=C(CCNC(=O)c1ccc(F)cc1F)Nc1ccc2oc(=O)[nH]c2c1. The first-order valence-electron chi connectivity index (χ1n) is 7.58. The summed E-state index contributed by atoms with van der Waals surface area (Å²) in [6, 6.07) is 7.23. The number of rotatable bonds is 5. The van der Waals surface area contributed by atoms with Crippen LogP contribution in [-0.4, -0.2) is 23.3 Å². The molecule has 3 N–H and O–H groups in total. The number of oxazole rings is 1. The van der Waals surface area contributed by atoms with Gasteiger partial charge in [-0.05, 0) is 30.3 Å². The molecule has 3 aromatic rings. The summed E-state index contributed by atoms with van der Waals surface area (Å²) in [5.74, 6) is -3.49. The van der Waals surface area contributed by atoms with Gasteiger partial charge < -0.3 is 15.1 Å². The molecule has 7 nitrogen and oxygen atoms in total. The zero-order valence-electron chi connectivity index (χ0n) is 13.3. The van der Waals surface area contributed by atoms with Crippen LogP contribution in [0.5, 0.6) is 0 Å². The summed E-state index contributed by atoms with van der Waals surface area (Å²) in [5.41, 5.74) is 0.936. The predicted molar refractivity (Wildman–Crippen MR) is 88.8 cm³/mol. The highest BCUT2D eigenvalue weighted by Crippen LogP contribution is 2.16. The van der Waals surface area contributed by atoms with Crippen molar-refractivity contribution in [3.05, 3.63) is 64.1 Å². The number of fused-ring (bicyclic) bond motifs is 1. The Bertz CT molecular complexity index is 1040. The molecule has 0 saturated carbocycles. The first kappa shape index (κ1) is 17.3. The maximum atomic E-state index is 13.5. The predicted octanol–water partition coefficient (Wildman–Crippen LogP) is 2.16. The molecule has 0 fully saturated rings. The lowest BCUT2D eigenvalue weighted by Gasteiger charge is -2.07. The van der Waals surface area contributed by atoms with Crippen molar-refractivity contribution in [1.82, 2.24) is 10.3 Å². The fourth-order valence-electron chi connectivity index (χ4n) is 2.31. The number of carbonyl (C=O) groups is 2. The molecule has 0 unspecified atom stereocenters. The van der Waals surface area contributed by atoms with Crippen molar-refractivity contribution < 1.29 is 22.8 Å². The van der Waals surface area contributed by atoms with Crippen LogP contribution in [0.15, 0.2) is 45.6 Å². The third-order valence-corrected chi connectivity index (χ3v) is 3.52. The lowest BCUT2D eigenvalue weighted by Crippen LogP contribution is -2.28. The number of amides is 2. The molecule has 9 heteroatoms. The van der Waals surface area contributed by atoms with Crippen LogP contribution in [0.25, 0.3) is 11.1 Å². The number of benzene rings is 2. The molecule has 0 atom stereocenters. The zero-order chi connectivity index (χ0) is 18.7. The van der Waals surface area contributed by atoms with Gasteiger partial charge in [-0.2, -0.15) is 0 Å². The number of aromatic amines is 1. The van der Waals surface area contributed by atoms with Crippen LogP contribution >= 0.6 is 0 Å². The van der Waals surface area contributed by atoms with Crippen LogP contribution in [0.2, 0.25) is 0 Å². The van der Waals surface area contributed by atoms with Crippen LogP contribution in [-0.2, 0) is 4.79 Å². The van der Waals surface area contributed by atoms with E-state index in [1.807, 2.05) is 0 Å². The number of hydrogen-bond acceptors (Lipinski definition) is 4. The molecule has 134 valence electrons. The lowest BCUT2D eigenvalue weighted by molar-refractivity contribution is -0.116. The Morgan fingerprint density at radius 1 is 1.12 bits per heavy atom. The number of hydrogen-bond donors (Lipinski definition) is 3. The molecule has 26 heavy (non-hydrogen) atoms. The number of halogens is 2. The summed E-state index contributed by atoms with van der Waals surface area (Å²) in [5, 5.41) is 4.98. The second-order valence-corrected chi connectivity index (χ2v) is 5.40. The molecule has 0 saturated heterocycles. The van der Waals surface area contributed by atoms with Gasteiger partial charge in [0.25, 0.3) is 5.91 Å². The van der Waals surface area contributed by atoms with Gasteiger partial charge in [0.15, 0.2) is 5.58 Å². The van der Waals surface area contributed by atoms with Gasteiger partial charge in [0.05, 0.1) is 11.1 Å². The van der Waals surface area contributed by atoms with Gasteiger partial charge in [-0.15, -0.1) is 0 Å². The van der Waals surface area contributed by atoms with Gasteiger partial charge in [-0.25, -0.2) is 13.6 Å². The van der Waals surface area contributed by atoms with Crippen LogP contribution < -0.4 is 16.4 Å². The van der Waals surface area contributed by atoms with E-state index >= 15 is 0 Å². The Hall–Kier alpha value is -3.49. The Balaban J connectivity index is 1.53. The van der Waals surface area contributed by atoms with E-state index in [2.05, 4.69) is 15.6 Å². The van der Waals surface area contributed by atoms with E-state index < -0.39 is 29.2 Å². The first-order chi connectivity index (χ1) is 12.4. The topological polar surface area (TPSA) is 104 Å². The van der Waals surface area contributed by atoms with Crippen molar-refractivity contribution in [1.29, 1.82) is 0 Å². The fraction of sp³-hybridized carbons (Fsp3) is 0.118. The first-order valence-corrected chi connectivity index (χ1v) is 7.58. The number of nitrogens with one attached hydrogen (secondary N) is 3. The standard InChI is InChI=1S/C17H13F2N3O4/c18-9-1-3-11(12(19)7-9)16(24)20-6-5-15(23)21-10-2-4-14-13(8-10)22-17(25)26-14/h1-4,7-8H,5-6H2,(H,20,24)(H,21,23)(H,22,25). The van der Waals surface area contributed by atoms with E-state index in [4.69, 9.17) is 4.42 Å².